The van der Waals surface area contributed by atoms with E-state index < -0.39 is 11.6 Å². The van der Waals surface area contributed by atoms with Crippen molar-refractivity contribution in [2.24, 2.45) is 11.3 Å². The van der Waals surface area contributed by atoms with E-state index in [0.29, 0.717) is 24.3 Å². The summed E-state index contributed by atoms with van der Waals surface area (Å²) in [5.41, 5.74) is 0.0469. The minimum absolute atomic E-state index is 0.0900. The van der Waals surface area contributed by atoms with Crippen LogP contribution < -0.4 is 5.32 Å². The third-order valence-corrected chi connectivity index (χ3v) is 7.94. The van der Waals surface area contributed by atoms with E-state index in [-0.39, 0.29) is 42.2 Å². The molecule has 1 N–H and O–H groups in total. The number of imide groups is 1. The maximum absolute atomic E-state index is 13.6. The molecule has 3 fully saturated rings. The van der Waals surface area contributed by atoms with Crippen LogP contribution in [0.2, 0.25) is 0 Å². The molecular formula is C25H34FN3O3. The first-order valence-corrected chi connectivity index (χ1v) is 11.8. The van der Waals surface area contributed by atoms with Gasteiger partial charge >= 0.3 is 6.03 Å². The van der Waals surface area contributed by atoms with Gasteiger partial charge in [0, 0.05) is 12.6 Å². The van der Waals surface area contributed by atoms with Gasteiger partial charge in [0.25, 0.3) is 5.91 Å². The van der Waals surface area contributed by atoms with Crippen molar-refractivity contribution in [2.75, 3.05) is 6.54 Å². The number of carbonyl (C=O) groups is 3. The van der Waals surface area contributed by atoms with Crippen molar-refractivity contribution in [1.29, 1.82) is 0 Å². The number of hydrogen-bond acceptors (Lipinski definition) is 3. The SMILES string of the molecule is CCC(C)(C)C1CCC2(CC1)NC(=O)N(CC(=O)N(Cc1cccc(F)c1)C1CC1)C2=O. The van der Waals surface area contributed by atoms with Crippen molar-refractivity contribution in [3.8, 4) is 0 Å². The van der Waals surface area contributed by atoms with Crippen molar-refractivity contribution < 1.29 is 18.8 Å². The highest BCUT2D eigenvalue weighted by Crippen LogP contribution is 2.45. The fraction of sp³-hybridized carbons (Fsp3) is 0.640. The van der Waals surface area contributed by atoms with Crippen molar-refractivity contribution in [2.45, 2.75) is 83.8 Å². The van der Waals surface area contributed by atoms with Crippen molar-refractivity contribution >= 4 is 17.8 Å². The summed E-state index contributed by atoms with van der Waals surface area (Å²) < 4.78 is 13.6. The van der Waals surface area contributed by atoms with Crippen LogP contribution in [-0.2, 0) is 16.1 Å². The molecule has 2 aliphatic carbocycles. The molecule has 1 heterocycles. The van der Waals surface area contributed by atoms with Gasteiger partial charge < -0.3 is 10.2 Å². The third kappa shape index (κ3) is 4.39. The standard InChI is InChI=1S/C25H34FN3O3/c1-4-24(2,3)18-10-12-25(13-11-18)22(31)29(23(32)27-25)16-21(30)28(20-8-9-20)15-17-6-5-7-19(26)14-17/h5-7,14,18,20H,4,8-13,15-16H2,1-3H3,(H,27,32). The molecule has 2 saturated carbocycles. The van der Waals surface area contributed by atoms with Crippen molar-refractivity contribution in [1.82, 2.24) is 15.1 Å². The van der Waals surface area contributed by atoms with Gasteiger partial charge in [-0.15, -0.1) is 0 Å². The van der Waals surface area contributed by atoms with E-state index in [1.807, 2.05) is 0 Å². The number of benzene rings is 1. The summed E-state index contributed by atoms with van der Waals surface area (Å²) in [6.45, 7) is 6.74. The summed E-state index contributed by atoms with van der Waals surface area (Å²) in [7, 11) is 0. The van der Waals surface area contributed by atoms with Gasteiger partial charge in [-0.05, 0) is 67.6 Å². The maximum atomic E-state index is 13.6. The fourth-order valence-electron chi connectivity index (χ4n) is 5.20. The van der Waals surface area contributed by atoms with Gasteiger partial charge in [-0.1, -0.05) is 39.3 Å². The highest BCUT2D eigenvalue weighted by molar-refractivity contribution is 6.09. The van der Waals surface area contributed by atoms with E-state index in [4.69, 9.17) is 0 Å². The molecule has 0 unspecified atom stereocenters. The Morgan fingerprint density at radius 3 is 2.50 bits per heavy atom. The topological polar surface area (TPSA) is 69.7 Å². The molecule has 174 valence electrons. The van der Waals surface area contributed by atoms with E-state index >= 15 is 0 Å². The summed E-state index contributed by atoms with van der Waals surface area (Å²) in [6, 6.07) is 5.81. The first-order chi connectivity index (χ1) is 15.1. The third-order valence-electron chi connectivity index (χ3n) is 7.94. The number of nitrogens with one attached hydrogen (secondary N) is 1. The van der Waals surface area contributed by atoms with Crippen LogP contribution in [-0.4, -0.2) is 45.8 Å². The molecule has 1 aromatic rings. The molecule has 3 aliphatic rings. The molecule has 6 nitrogen and oxygen atoms in total. The number of urea groups is 1. The van der Waals surface area contributed by atoms with Crippen LogP contribution in [0.15, 0.2) is 24.3 Å². The molecular weight excluding hydrogens is 409 g/mol. The molecule has 7 heteroatoms. The molecule has 4 rings (SSSR count). The van der Waals surface area contributed by atoms with E-state index in [9.17, 15) is 18.8 Å². The van der Waals surface area contributed by atoms with E-state index in [1.54, 1.807) is 17.0 Å². The minimum Gasteiger partial charge on any atom is -0.334 e. The van der Waals surface area contributed by atoms with Gasteiger partial charge in [0.15, 0.2) is 0 Å². The van der Waals surface area contributed by atoms with Gasteiger partial charge in [0.05, 0.1) is 0 Å². The monoisotopic (exact) mass is 443 g/mol. The van der Waals surface area contributed by atoms with Crippen LogP contribution in [0, 0.1) is 17.2 Å². The van der Waals surface area contributed by atoms with Crippen LogP contribution >= 0.6 is 0 Å². The Bertz CT molecular complexity index is 903. The fourth-order valence-corrected chi connectivity index (χ4v) is 5.20. The Morgan fingerprint density at radius 2 is 1.91 bits per heavy atom. The lowest BCUT2D eigenvalue weighted by atomic mass is 9.65. The number of hydrogen-bond donors (Lipinski definition) is 1. The molecule has 1 aromatic carbocycles. The molecule has 4 amide bonds. The average molecular weight is 444 g/mol. The lowest BCUT2D eigenvalue weighted by Crippen LogP contribution is -2.51. The van der Waals surface area contributed by atoms with Gasteiger partial charge in [-0.3, -0.25) is 14.5 Å². The number of amides is 4. The normalized spacial score (nSPS) is 25.9. The Labute approximate surface area is 189 Å². The van der Waals surface area contributed by atoms with E-state index in [2.05, 4.69) is 26.1 Å². The summed E-state index contributed by atoms with van der Waals surface area (Å²) in [4.78, 5) is 41.9. The van der Waals surface area contributed by atoms with Crippen LogP contribution in [0.4, 0.5) is 9.18 Å². The van der Waals surface area contributed by atoms with E-state index in [1.165, 1.54) is 12.1 Å². The highest BCUT2D eigenvalue weighted by Gasteiger charge is 2.54. The molecule has 1 aliphatic heterocycles. The zero-order valence-corrected chi connectivity index (χ0v) is 19.3. The lowest BCUT2D eigenvalue weighted by Gasteiger charge is -2.42. The van der Waals surface area contributed by atoms with E-state index in [0.717, 1.165) is 37.0 Å². The van der Waals surface area contributed by atoms with Crippen LogP contribution in [0.1, 0.15) is 71.3 Å². The minimum atomic E-state index is -0.870. The molecule has 1 saturated heterocycles. The van der Waals surface area contributed by atoms with Gasteiger partial charge in [0.2, 0.25) is 5.91 Å². The second kappa shape index (κ2) is 8.49. The Kier molecular flexibility index (Phi) is 6.03. The van der Waals surface area contributed by atoms with Crippen LogP contribution in [0.5, 0.6) is 0 Å². The molecule has 32 heavy (non-hydrogen) atoms. The summed E-state index contributed by atoms with van der Waals surface area (Å²) in [5.74, 6) is -0.359. The second-order valence-corrected chi connectivity index (χ2v) is 10.4. The van der Waals surface area contributed by atoms with Crippen LogP contribution in [0.3, 0.4) is 0 Å². The largest absolute Gasteiger partial charge is 0.334 e. The summed E-state index contributed by atoms with van der Waals surface area (Å²) in [6.07, 6.45) is 5.87. The zero-order chi connectivity index (χ0) is 23.1. The predicted octanol–water partition coefficient (Wildman–Crippen LogP) is 4.23. The number of halogens is 1. The smallest absolute Gasteiger partial charge is 0.325 e. The summed E-state index contributed by atoms with van der Waals surface area (Å²) >= 11 is 0. The van der Waals surface area contributed by atoms with Gasteiger partial charge in [0.1, 0.15) is 17.9 Å². The number of rotatable bonds is 7. The maximum Gasteiger partial charge on any atom is 0.325 e. The Morgan fingerprint density at radius 1 is 1.22 bits per heavy atom. The van der Waals surface area contributed by atoms with Gasteiger partial charge in [-0.2, -0.15) is 0 Å². The van der Waals surface area contributed by atoms with Crippen molar-refractivity contribution in [3.05, 3.63) is 35.6 Å². The Hall–Kier alpha value is -2.44. The first kappa shape index (κ1) is 22.7. The lowest BCUT2D eigenvalue weighted by molar-refractivity contribution is -0.140. The average Bonchev–Trinajstić information content (AvgIpc) is 3.57. The number of carbonyl (C=O) groups excluding carboxylic acids is 3. The quantitative estimate of drug-likeness (QED) is 0.641. The zero-order valence-electron chi connectivity index (χ0n) is 19.3. The second-order valence-electron chi connectivity index (χ2n) is 10.4. The molecule has 0 atom stereocenters. The molecule has 0 bridgehead atoms. The predicted molar refractivity (Wildman–Crippen MR) is 119 cm³/mol. The van der Waals surface area contributed by atoms with Crippen molar-refractivity contribution in [3.63, 3.8) is 0 Å². The number of nitrogens with zero attached hydrogens (tertiary/aromatic N) is 2. The molecule has 0 radical (unpaired) electrons. The van der Waals surface area contributed by atoms with Gasteiger partial charge in [-0.25, -0.2) is 9.18 Å². The molecule has 0 aromatic heterocycles. The summed E-state index contributed by atoms with van der Waals surface area (Å²) in [5, 5.41) is 2.92. The highest BCUT2D eigenvalue weighted by atomic mass is 19.1. The Balaban J connectivity index is 1.42. The first-order valence-electron chi connectivity index (χ1n) is 11.8. The van der Waals surface area contributed by atoms with Crippen LogP contribution in [0.25, 0.3) is 0 Å². The molecule has 1 spiro atoms.